The zero-order valence-corrected chi connectivity index (χ0v) is 11.9. The quantitative estimate of drug-likeness (QED) is 0.858. The minimum atomic E-state index is 0.593. The van der Waals surface area contributed by atoms with Crippen LogP contribution in [0.5, 0.6) is 0 Å². The van der Waals surface area contributed by atoms with Crippen molar-refractivity contribution in [2.75, 3.05) is 7.05 Å². The molecule has 0 aliphatic carbocycles. The van der Waals surface area contributed by atoms with Gasteiger partial charge in [-0.15, -0.1) is 0 Å². The number of hydrogen-bond donors (Lipinski definition) is 0. The van der Waals surface area contributed by atoms with E-state index in [-0.39, 0.29) is 0 Å². The second-order valence-electron chi connectivity index (χ2n) is 4.44. The Balaban J connectivity index is 1.98. The van der Waals surface area contributed by atoms with Crippen LogP contribution in [0.15, 0.2) is 30.6 Å². The molecule has 1 heterocycles. The molecule has 0 aliphatic rings. The van der Waals surface area contributed by atoms with Crippen LogP contribution in [0.3, 0.4) is 0 Å². The molecule has 0 unspecified atom stereocenters. The maximum absolute atomic E-state index is 6.00. The number of halogens is 2. The van der Waals surface area contributed by atoms with Crippen LogP contribution in [0, 0.1) is 0 Å². The lowest BCUT2D eigenvalue weighted by atomic mass is 10.2. The second kappa shape index (κ2) is 5.74. The van der Waals surface area contributed by atoms with E-state index in [0.29, 0.717) is 10.0 Å². The Hall–Kier alpha value is -1.03. The van der Waals surface area contributed by atoms with Crippen molar-refractivity contribution in [2.45, 2.75) is 13.1 Å². The molecule has 96 valence electrons. The zero-order chi connectivity index (χ0) is 13.1. The van der Waals surface area contributed by atoms with Crippen LogP contribution in [0.4, 0.5) is 0 Å². The van der Waals surface area contributed by atoms with Gasteiger partial charge in [0.05, 0.1) is 16.2 Å². The highest BCUT2D eigenvalue weighted by Crippen LogP contribution is 2.23. The number of aryl methyl sites for hydroxylation is 1. The topological polar surface area (TPSA) is 21.1 Å². The number of rotatable bonds is 4. The molecule has 0 fully saturated rings. The molecular weight excluding hydrogens is 269 g/mol. The third-order valence-corrected chi connectivity index (χ3v) is 3.39. The predicted octanol–water partition coefficient (Wildman–Crippen LogP) is 3.36. The highest BCUT2D eigenvalue weighted by Gasteiger charge is 2.05. The molecule has 3 nitrogen and oxygen atoms in total. The highest BCUT2D eigenvalue weighted by molar-refractivity contribution is 6.42. The van der Waals surface area contributed by atoms with Gasteiger partial charge < -0.3 is 0 Å². The monoisotopic (exact) mass is 283 g/mol. The van der Waals surface area contributed by atoms with Gasteiger partial charge in [-0.1, -0.05) is 29.3 Å². The number of hydrogen-bond acceptors (Lipinski definition) is 2. The summed E-state index contributed by atoms with van der Waals surface area (Å²) in [4.78, 5) is 2.20. The summed E-state index contributed by atoms with van der Waals surface area (Å²) >= 11 is 11.9. The van der Waals surface area contributed by atoms with Crippen LogP contribution in [-0.2, 0) is 20.1 Å². The van der Waals surface area contributed by atoms with Gasteiger partial charge in [-0.2, -0.15) is 5.10 Å². The van der Waals surface area contributed by atoms with Gasteiger partial charge in [0.1, 0.15) is 0 Å². The first-order valence-electron chi connectivity index (χ1n) is 5.64. The average Bonchev–Trinajstić information content (AvgIpc) is 2.69. The van der Waals surface area contributed by atoms with E-state index in [1.807, 2.05) is 42.3 Å². The van der Waals surface area contributed by atoms with Crippen molar-refractivity contribution in [3.8, 4) is 0 Å². The highest BCUT2D eigenvalue weighted by atomic mass is 35.5. The van der Waals surface area contributed by atoms with E-state index in [9.17, 15) is 0 Å². The van der Waals surface area contributed by atoms with Gasteiger partial charge in [0.2, 0.25) is 0 Å². The first kappa shape index (κ1) is 13.4. The molecule has 0 bridgehead atoms. The summed E-state index contributed by atoms with van der Waals surface area (Å²) in [7, 11) is 3.98. The van der Waals surface area contributed by atoms with Gasteiger partial charge >= 0.3 is 0 Å². The number of benzene rings is 1. The molecule has 0 radical (unpaired) electrons. The summed E-state index contributed by atoms with van der Waals surface area (Å²) in [5.74, 6) is 0. The van der Waals surface area contributed by atoms with Crippen molar-refractivity contribution < 1.29 is 0 Å². The van der Waals surface area contributed by atoms with Gasteiger partial charge in [0, 0.05) is 31.9 Å². The molecule has 2 rings (SSSR count). The summed E-state index contributed by atoms with van der Waals surface area (Å²) in [6, 6.07) is 5.73. The summed E-state index contributed by atoms with van der Waals surface area (Å²) in [5.41, 5.74) is 2.34. The lowest BCUT2D eigenvalue weighted by Crippen LogP contribution is -2.16. The molecular formula is C13H15Cl2N3. The molecule has 0 atom stereocenters. The van der Waals surface area contributed by atoms with E-state index in [0.717, 1.165) is 18.7 Å². The van der Waals surface area contributed by atoms with Gasteiger partial charge in [-0.3, -0.25) is 9.58 Å². The van der Waals surface area contributed by atoms with Crippen molar-refractivity contribution >= 4 is 23.2 Å². The molecule has 0 amide bonds. The fourth-order valence-corrected chi connectivity index (χ4v) is 2.19. The van der Waals surface area contributed by atoms with Crippen molar-refractivity contribution in [3.05, 3.63) is 51.8 Å². The van der Waals surface area contributed by atoms with Gasteiger partial charge in [-0.25, -0.2) is 0 Å². The minimum Gasteiger partial charge on any atom is -0.298 e. The Morgan fingerprint density at radius 3 is 2.50 bits per heavy atom. The summed E-state index contributed by atoms with van der Waals surface area (Å²) in [6.07, 6.45) is 3.90. The van der Waals surface area contributed by atoms with Crippen molar-refractivity contribution in [1.29, 1.82) is 0 Å². The first-order valence-corrected chi connectivity index (χ1v) is 6.40. The van der Waals surface area contributed by atoms with Crippen molar-refractivity contribution in [1.82, 2.24) is 14.7 Å². The summed E-state index contributed by atoms with van der Waals surface area (Å²) < 4.78 is 1.81. The molecule has 1 aromatic carbocycles. The van der Waals surface area contributed by atoms with Crippen molar-refractivity contribution in [3.63, 3.8) is 0 Å². The van der Waals surface area contributed by atoms with Crippen LogP contribution in [0.2, 0.25) is 10.0 Å². The van der Waals surface area contributed by atoms with Crippen LogP contribution < -0.4 is 0 Å². The van der Waals surface area contributed by atoms with Gasteiger partial charge in [0.15, 0.2) is 0 Å². The molecule has 0 saturated carbocycles. The molecule has 1 aromatic heterocycles. The molecule has 5 heteroatoms. The summed E-state index contributed by atoms with van der Waals surface area (Å²) in [6.45, 7) is 1.68. The molecule has 18 heavy (non-hydrogen) atoms. The standard InChI is InChI=1S/C13H15Cl2N3/c1-17(8-11-6-16-18(2)9-11)7-10-3-4-12(14)13(15)5-10/h3-6,9H,7-8H2,1-2H3. The van der Waals surface area contributed by atoms with Crippen LogP contribution in [-0.4, -0.2) is 21.7 Å². The number of aromatic nitrogens is 2. The van der Waals surface area contributed by atoms with E-state index in [2.05, 4.69) is 17.0 Å². The molecule has 2 aromatic rings. The van der Waals surface area contributed by atoms with Crippen LogP contribution in [0.25, 0.3) is 0 Å². The average molecular weight is 284 g/mol. The van der Waals surface area contributed by atoms with E-state index in [1.54, 1.807) is 0 Å². The third-order valence-electron chi connectivity index (χ3n) is 2.65. The lowest BCUT2D eigenvalue weighted by molar-refractivity contribution is 0.319. The van der Waals surface area contributed by atoms with Crippen LogP contribution in [0.1, 0.15) is 11.1 Å². The first-order chi connectivity index (χ1) is 8.54. The predicted molar refractivity (Wildman–Crippen MR) is 74.8 cm³/mol. The van der Waals surface area contributed by atoms with Gasteiger partial charge in [-0.05, 0) is 24.7 Å². The fraction of sp³-hybridized carbons (Fsp3) is 0.308. The van der Waals surface area contributed by atoms with Crippen molar-refractivity contribution in [2.24, 2.45) is 7.05 Å². The van der Waals surface area contributed by atoms with Gasteiger partial charge in [0.25, 0.3) is 0 Å². The Labute approximate surface area is 117 Å². The Bertz CT molecular complexity index is 537. The second-order valence-corrected chi connectivity index (χ2v) is 5.26. The Morgan fingerprint density at radius 1 is 1.17 bits per heavy atom. The molecule has 0 aliphatic heterocycles. The molecule has 0 N–H and O–H groups in total. The zero-order valence-electron chi connectivity index (χ0n) is 10.4. The third kappa shape index (κ3) is 3.48. The molecule has 0 saturated heterocycles. The normalized spacial score (nSPS) is 11.2. The molecule has 0 spiro atoms. The Morgan fingerprint density at radius 2 is 1.89 bits per heavy atom. The SMILES string of the molecule is CN(Cc1ccc(Cl)c(Cl)c1)Cc1cnn(C)c1. The largest absolute Gasteiger partial charge is 0.298 e. The van der Waals surface area contributed by atoms with E-state index < -0.39 is 0 Å². The smallest absolute Gasteiger partial charge is 0.0595 e. The lowest BCUT2D eigenvalue weighted by Gasteiger charge is -2.16. The maximum Gasteiger partial charge on any atom is 0.0595 e. The van der Waals surface area contributed by atoms with E-state index in [4.69, 9.17) is 23.2 Å². The maximum atomic E-state index is 6.00. The minimum absolute atomic E-state index is 0.593. The fourth-order valence-electron chi connectivity index (χ4n) is 1.87. The van der Waals surface area contributed by atoms with E-state index in [1.165, 1.54) is 5.56 Å². The number of nitrogens with zero attached hydrogens (tertiary/aromatic N) is 3. The van der Waals surface area contributed by atoms with E-state index >= 15 is 0 Å². The Kier molecular flexibility index (Phi) is 4.27. The van der Waals surface area contributed by atoms with Crippen LogP contribution >= 0.6 is 23.2 Å². The summed E-state index contributed by atoms with van der Waals surface area (Å²) in [5, 5.41) is 5.35.